The largest absolute Gasteiger partial charge is 0.325 e. The summed E-state index contributed by atoms with van der Waals surface area (Å²) in [6.07, 6.45) is 3.38. The monoisotopic (exact) mass is 379 g/mol. The molecular formula is C21H21N3O2S. The van der Waals surface area contributed by atoms with E-state index < -0.39 is 0 Å². The second-order valence-electron chi connectivity index (χ2n) is 6.86. The van der Waals surface area contributed by atoms with Crippen molar-refractivity contribution in [3.63, 3.8) is 0 Å². The molecule has 27 heavy (non-hydrogen) atoms. The van der Waals surface area contributed by atoms with E-state index in [0.717, 1.165) is 18.5 Å². The van der Waals surface area contributed by atoms with Gasteiger partial charge in [-0.15, -0.1) is 0 Å². The number of hydrogen-bond acceptors (Lipinski definition) is 4. The third-order valence-electron chi connectivity index (χ3n) is 4.96. The lowest BCUT2D eigenvalue weighted by Gasteiger charge is -2.14. The van der Waals surface area contributed by atoms with Crippen molar-refractivity contribution in [1.29, 1.82) is 0 Å². The quantitative estimate of drug-likeness (QED) is 0.556. The van der Waals surface area contributed by atoms with Gasteiger partial charge >= 0.3 is 0 Å². The van der Waals surface area contributed by atoms with Crippen molar-refractivity contribution in [2.45, 2.75) is 36.6 Å². The SMILES string of the molecule is CC(Sc1nc2ccccc2c(=O)n1C)C(=O)Nc1ccc2c(c1)CCC2. The van der Waals surface area contributed by atoms with Crippen molar-refractivity contribution in [2.75, 3.05) is 5.32 Å². The maximum absolute atomic E-state index is 12.6. The summed E-state index contributed by atoms with van der Waals surface area (Å²) in [4.78, 5) is 29.7. The molecule has 0 bridgehead atoms. The van der Waals surface area contributed by atoms with Crippen molar-refractivity contribution in [2.24, 2.45) is 7.05 Å². The van der Waals surface area contributed by atoms with E-state index in [1.54, 1.807) is 13.1 Å². The molecule has 0 saturated carbocycles. The molecule has 1 aromatic heterocycles. The number of rotatable bonds is 4. The van der Waals surface area contributed by atoms with Crippen molar-refractivity contribution >= 4 is 34.3 Å². The number of carbonyl (C=O) groups is 1. The van der Waals surface area contributed by atoms with E-state index >= 15 is 0 Å². The molecule has 1 amide bonds. The normalized spacial score (nSPS) is 14.1. The number of para-hydroxylation sites is 1. The van der Waals surface area contributed by atoms with Crippen LogP contribution in [0.15, 0.2) is 52.4 Å². The number of hydrogen-bond donors (Lipinski definition) is 1. The number of fused-ring (bicyclic) bond motifs is 2. The zero-order valence-corrected chi connectivity index (χ0v) is 16.2. The van der Waals surface area contributed by atoms with Gasteiger partial charge in [-0.05, 0) is 61.6 Å². The minimum Gasteiger partial charge on any atom is -0.325 e. The van der Waals surface area contributed by atoms with Crippen LogP contribution in [-0.4, -0.2) is 20.7 Å². The lowest BCUT2D eigenvalue weighted by molar-refractivity contribution is -0.115. The molecule has 1 N–H and O–H groups in total. The smallest absolute Gasteiger partial charge is 0.261 e. The molecular weight excluding hydrogens is 358 g/mol. The molecule has 0 spiro atoms. The van der Waals surface area contributed by atoms with Crippen molar-refractivity contribution < 1.29 is 4.79 Å². The van der Waals surface area contributed by atoms with E-state index in [-0.39, 0.29) is 16.7 Å². The number of aromatic nitrogens is 2. The highest BCUT2D eigenvalue weighted by atomic mass is 32.2. The molecule has 1 atom stereocenters. The van der Waals surface area contributed by atoms with Crippen LogP contribution in [-0.2, 0) is 24.7 Å². The first-order valence-electron chi connectivity index (χ1n) is 9.08. The van der Waals surface area contributed by atoms with Crippen molar-refractivity contribution in [1.82, 2.24) is 9.55 Å². The van der Waals surface area contributed by atoms with E-state index in [0.29, 0.717) is 16.1 Å². The standard InChI is InChI=1S/C21H21N3O2S/c1-13(19(25)22-16-11-10-14-6-5-7-15(14)12-16)27-21-23-18-9-4-3-8-17(18)20(26)24(21)2/h3-4,8-13H,5-7H2,1-2H3,(H,22,25). The van der Waals surface area contributed by atoms with Gasteiger partial charge in [-0.1, -0.05) is 30.0 Å². The Labute approximate surface area is 161 Å². The van der Waals surface area contributed by atoms with Gasteiger partial charge in [-0.3, -0.25) is 14.2 Å². The van der Waals surface area contributed by atoms with Gasteiger partial charge < -0.3 is 5.32 Å². The predicted molar refractivity (Wildman–Crippen MR) is 109 cm³/mol. The van der Waals surface area contributed by atoms with Crippen LogP contribution < -0.4 is 10.9 Å². The van der Waals surface area contributed by atoms with Gasteiger partial charge in [0.15, 0.2) is 5.16 Å². The summed E-state index contributed by atoms with van der Waals surface area (Å²) in [5, 5.41) is 3.73. The highest BCUT2D eigenvalue weighted by Crippen LogP contribution is 2.26. The van der Waals surface area contributed by atoms with Gasteiger partial charge in [0.25, 0.3) is 5.56 Å². The Hall–Kier alpha value is -2.60. The summed E-state index contributed by atoms with van der Waals surface area (Å²) < 4.78 is 1.51. The molecule has 0 radical (unpaired) electrons. The average Bonchev–Trinajstić information content (AvgIpc) is 3.13. The summed E-state index contributed by atoms with van der Waals surface area (Å²) in [7, 11) is 1.69. The molecule has 3 aromatic rings. The number of benzene rings is 2. The predicted octanol–water partition coefficient (Wildman–Crippen LogP) is 3.54. The second-order valence-corrected chi connectivity index (χ2v) is 8.17. The first kappa shape index (κ1) is 17.8. The molecule has 6 heteroatoms. The van der Waals surface area contributed by atoms with Crippen molar-refractivity contribution in [3.8, 4) is 0 Å². The van der Waals surface area contributed by atoms with Gasteiger partial charge in [0, 0.05) is 12.7 Å². The maximum atomic E-state index is 12.6. The van der Waals surface area contributed by atoms with Gasteiger partial charge in [0.05, 0.1) is 16.2 Å². The lowest BCUT2D eigenvalue weighted by Crippen LogP contribution is -2.25. The molecule has 1 aliphatic rings. The number of nitrogens with one attached hydrogen (secondary N) is 1. The molecule has 1 aliphatic carbocycles. The Morgan fingerprint density at radius 2 is 1.96 bits per heavy atom. The summed E-state index contributed by atoms with van der Waals surface area (Å²) in [5.74, 6) is -0.0969. The molecule has 0 fully saturated rings. The van der Waals surface area contributed by atoms with Crippen LogP contribution in [0, 0.1) is 0 Å². The number of amides is 1. The number of carbonyl (C=O) groups excluding carboxylic acids is 1. The zero-order chi connectivity index (χ0) is 19.0. The molecule has 5 nitrogen and oxygen atoms in total. The van der Waals surface area contributed by atoms with E-state index in [2.05, 4.69) is 22.4 Å². The maximum Gasteiger partial charge on any atom is 0.261 e. The Morgan fingerprint density at radius 3 is 2.81 bits per heavy atom. The average molecular weight is 379 g/mol. The van der Waals surface area contributed by atoms with E-state index in [9.17, 15) is 9.59 Å². The second kappa shape index (κ2) is 7.19. The van der Waals surface area contributed by atoms with Gasteiger partial charge in [-0.25, -0.2) is 4.98 Å². The van der Waals surface area contributed by atoms with E-state index in [4.69, 9.17) is 0 Å². The fraction of sp³-hybridized carbons (Fsp3) is 0.286. The summed E-state index contributed by atoms with van der Waals surface area (Å²) in [5.41, 5.74) is 4.08. The Bertz CT molecular complexity index is 1090. The summed E-state index contributed by atoms with van der Waals surface area (Å²) in [6, 6.07) is 13.4. The minimum absolute atomic E-state index is 0.0969. The van der Waals surface area contributed by atoms with E-state index in [1.807, 2.05) is 31.2 Å². The van der Waals surface area contributed by atoms with E-state index in [1.165, 1.54) is 33.9 Å². The van der Waals surface area contributed by atoms with Gasteiger partial charge in [-0.2, -0.15) is 0 Å². The third kappa shape index (κ3) is 3.49. The fourth-order valence-corrected chi connectivity index (χ4v) is 4.28. The first-order chi connectivity index (χ1) is 13.0. The number of aryl methyl sites for hydroxylation is 2. The molecule has 0 aliphatic heterocycles. The van der Waals surface area contributed by atoms with Crippen LogP contribution in [0.4, 0.5) is 5.69 Å². The van der Waals surface area contributed by atoms with Crippen LogP contribution in [0.25, 0.3) is 10.9 Å². The Morgan fingerprint density at radius 1 is 1.19 bits per heavy atom. The van der Waals surface area contributed by atoms with Crippen LogP contribution in [0.5, 0.6) is 0 Å². The Kier molecular flexibility index (Phi) is 4.74. The highest BCUT2D eigenvalue weighted by molar-refractivity contribution is 8.00. The minimum atomic E-state index is -0.377. The molecule has 1 unspecified atom stereocenters. The zero-order valence-electron chi connectivity index (χ0n) is 15.4. The molecule has 138 valence electrons. The number of nitrogens with zero attached hydrogens (tertiary/aromatic N) is 2. The highest BCUT2D eigenvalue weighted by Gasteiger charge is 2.19. The van der Waals surface area contributed by atoms with Gasteiger partial charge in [0.2, 0.25) is 5.91 Å². The Balaban J connectivity index is 1.52. The van der Waals surface area contributed by atoms with Gasteiger partial charge in [0.1, 0.15) is 0 Å². The number of thioether (sulfide) groups is 1. The van der Waals surface area contributed by atoms with Crippen LogP contribution >= 0.6 is 11.8 Å². The molecule has 1 heterocycles. The summed E-state index contributed by atoms with van der Waals surface area (Å²) in [6.45, 7) is 1.83. The van der Waals surface area contributed by atoms with Crippen LogP contribution in [0.3, 0.4) is 0 Å². The van der Waals surface area contributed by atoms with Crippen LogP contribution in [0.1, 0.15) is 24.5 Å². The molecule has 4 rings (SSSR count). The topological polar surface area (TPSA) is 64.0 Å². The molecule has 0 saturated heterocycles. The van der Waals surface area contributed by atoms with Crippen LogP contribution in [0.2, 0.25) is 0 Å². The number of anilines is 1. The van der Waals surface area contributed by atoms with Crippen molar-refractivity contribution in [3.05, 3.63) is 63.9 Å². The third-order valence-corrected chi connectivity index (χ3v) is 6.10. The fourth-order valence-electron chi connectivity index (χ4n) is 3.41. The summed E-state index contributed by atoms with van der Waals surface area (Å²) >= 11 is 1.29. The first-order valence-corrected chi connectivity index (χ1v) is 9.96. The molecule has 2 aromatic carbocycles. The lowest BCUT2D eigenvalue weighted by atomic mass is 10.1.